The molecule has 1 aromatic rings. The Bertz CT molecular complexity index is 492. The lowest BCUT2D eigenvalue weighted by atomic mass is 10.0. The minimum absolute atomic E-state index is 0.0951. The molecule has 0 aromatic heterocycles. The summed E-state index contributed by atoms with van der Waals surface area (Å²) in [7, 11) is 1.61. The summed E-state index contributed by atoms with van der Waals surface area (Å²) >= 11 is 0. The SMILES string of the molecule is COC1CN(C(=O)c2cc(C)cc(C(=O)O)c2)C1. The summed E-state index contributed by atoms with van der Waals surface area (Å²) in [4.78, 5) is 24.7. The van der Waals surface area contributed by atoms with Gasteiger partial charge in [0, 0.05) is 25.8 Å². The molecule has 0 spiro atoms. The van der Waals surface area contributed by atoms with Crippen LogP contribution in [0, 0.1) is 6.92 Å². The van der Waals surface area contributed by atoms with Gasteiger partial charge in [-0.05, 0) is 30.7 Å². The summed E-state index contributed by atoms with van der Waals surface area (Å²) in [6.07, 6.45) is 0.0951. The first-order chi connectivity index (χ1) is 8.51. The minimum Gasteiger partial charge on any atom is -0.478 e. The second-order valence-corrected chi connectivity index (χ2v) is 4.46. The molecule has 0 atom stereocenters. The van der Waals surface area contributed by atoms with Crippen molar-refractivity contribution in [3.05, 3.63) is 34.9 Å². The molecule has 1 heterocycles. The first-order valence-corrected chi connectivity index (χ1v) is 5.68. The Morgan fingerprint density at radius 1 is 1.28 bits per heavy atom. The molecule has 0 bridgehead atoms. The summed E-state index contributed by atoms with van der Waals surface area (Å²) < 4.78 is 5.10. The van der Waals surface area contributed by atoms with E-state index < -0.39 is 5.97 Å². The first-order valence-electron chi connectivity index (χ1n) is 5.68. The van der Waals surface area contributed by atoms with Gasteiger partial charge in [0.1, 0.15) is 0 Å². The molecule has 1 fully saturated rings. The smallest absolute Gasteiger partial charge is 0.335 e. The average molecular weight is 249 g/mol. The molecule has 1 amide bonds. The van der Waals surface area contributed by atoms with Gasteiger partial charge in [-0.15, -0.1) is 0 Å². The van der Waals surface area contributed by atoms with Gasteiger partial charge in [-0.3, -0.25) is 4.79 Å². The number of carbonyl (C=O) groups is 2. The fourth-order valence-corrected chi connectivity index (χ4v) is 1.97. The standard InChI is InChI=1S/C13H15NO4/c1-8-3-9(5-10(4-8)13(16)17)12(15)14-6-11(7-14)18-2/h3-5,11H,6-7H2,1-2H3,(H,16,17). The largest absolute Gasteiger partial charge is 0.478 e. The number of hydrogen-bond acceptors (Lipinski definition) is 3. The Kier molecular flexibility index (Phi) is 3.34. The van der Waals surface area contributed by atoms with Crippen molar-refractivity contribution in [3.63, 3.8) is 0 Å². The number of carboxylic acid groups (broad SMARTS) is 1. The van der Waals surface area contributed by atoms with Crippen molar-refractivity contribution >= 4 is 11.9 Å². The number of ether oxygens (including phenoxy) is 1. The van der Waals surface area contributed by atoms with Crippen molar-refractivity contribution in [1.29, 1.82) is 0 Å². The normalized spacial score (nSPS) is 15.3. The monoisotopic (exact) mass is 249 g/mol. The molecular formula is C13H15NO4. The molecule has 1 aliphatic rings. The second-order valence-electron chi connectivity index (χ2n) is 4.46. The number of nitrogens with zero attached hydrogens (tertiary/aromatic N) is 1. The van der Waals surface area contributed by atoms with Crippen molar-refractivity contribution in [2.24, 2.45) is 0 Å². The van der Waals surface area contributed by atoms with Gasteiger partial charge in [-0.25, -0.2) is 4.79 Å². The van der Waals surface area contributed by atoms with Crippen molar-refractivity contribution in [3.8, 4) is 0 Å². The van der Waals surface area contributed by atoms with Gasteiger partial charge >= 0.3 is 5.97 Å². The van der Waals surface area contributed by atoms with Crippen molar-refractivity contribution < 1.29 is 19.4 Å². The Balaban J connectivity index is 2.18. The average Bonchev–Trinajstić information content (AvgIpc) is 2.26. The lowest BCUT2D eigenvalue weighted by Crippen LogP contribution is -2.54. The molecule has 1 N–H and O–H groups in total. The van der Waals surface area contributed by atoms with Gasteiger partial charge < -0.3 is 14.7 Å². The molecule has 0 radical (unpaired) electrons. The molecule has 1 aliphatic heterocycles. The van der Waals surface area contributed by atoms with Crippen molar-refractivity contribution in [1.82, 2.24) is 4.90 Å². The molecule has 0 saturated carbocycles. The quantitative estimate of drug-likeness (QED) is 0.873. The number of amides is 1. The third-order valence-corrected chi connectivity index (χ3v) is 3.04. The van der Waals surface area contributed by atoms with Crippen LogP contribution < -0.4 is 0 Å². The van der Waals surface area contributed by atoms with Crippen LogP contribution in [0.25, 0.3) is 0 Å². The van der Waals surface area contributed by atoms with Gasteiger partial charge in [0.05, 0.1) is 11.7 Å². The van der Waals surface area contributed by atoms with E-state index in [1.54, 1.807) is 31.1 Å². The van der Waals surface area contributed by atoms with E-state index in [1.165, 1.54) is 6.07 Å². The summed E-state index contributed by atoms with van der Waals surface area (Å²) in [5.74, 6) is -1.17. The predicted octanol–water partition coefficient (Wildman–Crippen LogP) is 1.16. The van der Waals surface area contributed by atoms with Gasteiger partial charge in [0.2, 0.25) is 0 Å². The van der Waals surface area contributed by atoms with Crippen LogP contribution in [0.15, 0.2) is 18.2 Å². The highest BCUT2D eigenvalue weighted by Crippen LogP contribution is 2.17. The van der Waals surface area contributed by atoms with Gasteiger partial charge in [0.25, 0.3) is 5.91 Å². The van der Waals surface area contributed by atoms with Gasteiger partial charge in [0.15, 0.2) is 0 Å². The zero-order valence-corrected chi connectivity index (χ0v) is 10.3. The molecule has 96 valence electrons. The third-order valence-electron chi connectivity index (χ3n) is 3.04. The Morgan fingerprint density at radius 2 is 1.89 bits per heavy atom. The summed E-state index contributed by atoms with van der Waals surface area (Å²) in [6, 6.07) is 4.67. The Morgan fingerprint density at radius 3 is 2.44 bits per heavy atom. The zero-order chi connectivity index (χ0) is 13.3. The third kappa shape index (κ3) is 2.36. The fourth-order valence-electron chi connectivity index (χ4n) is 1.97. The number of carboxylic acids is 1. The number of aromatic carboxylic acids is 1. The molecule has 1 aromatic carbocycles. The van der Waals surface area contributed by atoms with E-state index in [0.717, 1.165) is 5.56 Å². The van der Waals surface area contributed by atoms with Crippen LogP contribution in [-0.2, 0) is 4.74 Å². The molecule has 1 saturated heterocycles. The van der Waals surface area contributed by atoms with E-state index in [1.807, 2.05) is 0 Å². The first kappa shape index (κ1) is 12.6. The maximum atomic E-state index is 12.1. The maximum Gasteiger partial charge on any atom is 0.335 e. The summed E-state index contributed by atoms with van der Waals surface area (Å²) in [6.45, 7) is 2.90. The number of aryl methyl sites for hydroxylation is 1. The van der Waals surface area contributed by atoms with Crippen LogP contribution in [0.5, 0.6) is 0 Å². The molecule has 5 nitrogen and oxygen atoms in total. The van der Waals surface area contributed by atoms with E-state index in [4.69, 9.17) is 9.84 Å². The number of rotatable bonds is 3. The zero-order valence-electron chi connectivity index (χ0n) is 10.3. The highest BCUT2D eigenvalue weighted by molar-refractivity contribution is 5.98. The summed E-state index contributed by atoms with van der Waals surface area (Å²) in [5, 5.41) is 8.96. The number of carbonyl (C=O) groups excluding carboxylic acids is 1. The van der Waals surface area contributed by atoms with Crippen LogP contribution in [0.3, 0.4) is 0 Å². The lowest BCUT2D eigenvalue weighted by Gasteiger charge is -2.38. The minimum atomic E-state index is -1.02. The van der Waals surface area contributed by atoms with E-state index >= 15 is 0 Å². The van der Waals surface area contributed by atoms with Gasteiger partial charge in [-0.2, -0.15) is 0 Å². The van der Waals surface area contributed by atoms with E-state index in [-0.39, 0.29) is 17.6 Å². The predicted molar refractivity (Wildman–Crippen MR) is 64.8 cm³/mol. The van der Waals surface area contributed by atoms with Crippen LogP contribution in [0.4, 0.5) is 0 Å². The highest BCUT2D eigenvalue weighted by Gasteiger charge is 2.31. The fraction of sp³-hybridized carbons (Fsp3) is 0.385. The molecule has 0 unspecified atom stereocenters. The van der Waals surface area contributed by atoms with Crippen LogP contribution in [0.2, 0.25) is 0 Å². The molecule has 18 heavy (non-hydrogen) atoms. The van der Waals surface area contributed by atoms with E-state index in [0.29, 0.717) is 18.7 Å². The lowest BCUT2D eigenvalue weighted by molar-refractivity contribution is -0.0192. The maximum absolute atomic E-state index is 12.1. The summed E-state index contributed by atoms with van der Waals surface area (Å²) in [5.41, 5.74) is 1.33. The molecule has 2 rings (SSSR count). The topological polar surface area (TPSA) is 66.8 Å². The number of methoxy groups -OCH3 is 1. The Hall–Kier alpha value is -1.88. The molecular weight excluding hydrogens is 234 g/mol. The number of hydrogen-bond donors (Lipinski definition) is 1. The highest BCUT2D eigenvalue weighted by atomic mass is 16.5. The van der Waals surface area contributed by atoms with Crippen LogP contribution >= 0.6 is 0 Å². The van der Waals surface area contributed by atoms with Crippen LogP contribution in [-0.4, -0.2) is 48.2 Å². The number of likely N-dealkylation sites (tertiary alicyclic amines) is 1. The molecule has 0 aliphatic carbocycles. The van der Waals surface area contributed by atoms with Crippen molar-refractivity contribution in [2.45, 2.75) is 13.0 Å². The van der Waals surface area contributed by atoms with Crippen LogP contribution in [0.1, 0.15) is 26.3 Å². The Labute approximate surface area is 105 Å². The molecule has 5 heteroatoms. The van der Waals surface area contributed by atoms with Gasteiger partial charge in [-0.1, -0.05) is 0 Å². The van der Waals surface area contributed by atoms with E-state index in [9.17, 15) is 9.59 Å². The number of benzene rings is 1. The van der Waals surface area contributed by atoms with Crippen molar-refractivity contribution in [2.75, 3.05) is 20.2 Å². The van der Waals surface area contributed by atoms with E-state index in [2.05, 4.69) is 0 Å². The second kappa shape index (κ2) is 4.78.